The van der Waals surface area contributed by atoms with Gasteiger partial charge in [0.1, 0.15) is 6.10 Å². The normalized spacial score (nSPS) is 24.4. The summed E-state index contributed by atoms with van der Waals surface area (Å²) < 4.78 is 5.15. The highest BCUT2D eigenvalue weighted by Crippen LogP contribution is 2.24. The first-order valence-corrected chi connectivity index (χ1v) is 8.61. The Hall–Kier alpha value is -1.69. The number of ether oxygens (including phenoxy) is 1. The van der Waals surface area contributed by atoms with Crippen molar-refractivity contribution in [2.24, 2.45) is 0 Å². The van der Waals surface area contributed by atoms with Gasteiger partial charge in [0.15, 0.2) is 6.10 Å². The van der Waals surface area contributed by atoms with Gasteiger partial charge in [-0.3, -0.25) is 0 Å². The van der Waals surface area contributed by atoms with Gasteiger partial charge >= 0.3 is 5.97 Å². The maximum absolute atomic E-state index is 11.9. The third kappa shape index (κ3) is 6.98. The van der Waals surface area contributed by atoms with Gasteiger partial charge in [0.05, 0.1) is 18.3 Å². The number of allylic oxidation sites excluding steroid dienone is 3. The number of cyclic esters (lactones) is 1. The van der Waals surface area contributed by atoms with Crippen LogP contribution in [0.25, 0.3) is 0 Å². The zero-order chi connectivity index (χ0) is 19.0. The smallest absolute Gasteiger partial charge is 0.337 e. The van der Waals surface area contributed by atoms with Crippen LogP contribution >= 0.6 is 0 Å². The van der Waals surface area contributed by atoms with Gasteiger partial charge < -0.3 is 20.1 Å². The molecule has 0 amide bonds. The molecule has 5 heteroatoms. The Bertz CT molecular complexity index is 579. The van der Waals surface area contributed by atoms with Crippen LogP contribution < -0.4 is 0 Å². The highest BCUT2D eigenvalue weighted by molar-refractivity contribution is 5.92. The molecule has 3 atom stereocenters. The standard InChI is InChI=1S/C20H30O5/c1-13(2)12-18-19(23)16(20(24)25-18)8-9-17(22)15(4)7-5-6-14(3)10-11-21/h7-8,10,12,17-19,21-23H,5-6,9,11H2,1-4H3/b14-10-,15-7+,16-8-/t17?,18-,19+/m1/s1. The minimum atomic E-state index is -0.995. The molecule has 1 aliphatic rings. The maximum atomic E-state index is 11.9. The molecule has 140 valence electrons. The molecule has 1 rings (SSSR count). The van der Waals surface area contributed by atoms with Gasteiger partial charge in [0.2, 0.25) is 0 Å². The van der Waals surface area contributed by atoms with Gasteiger partial charge in [-0.25, -0.2) is 4.79 Å². The SMILES string of the molecule is CC(C)=C[C@H]1OC(=O)/C(=C\CC(O)/C(C)=C/CC/C(C)=C\CO)[C@@H]1O. The van der Waals surface area contributed by atoms with Crippen LogP contribution in [0.15, 0.2) is 46.6 Å². The molecule has 1 heterocycles. The van der Waals surface area contributed by atoms with E-state index < -0.39 is 24.3 Å². The number of hydrogen-bond acceptors (Lipinski definition) is 5. The quantitative estimate of drug-likeness (QED) is 0.356. The lowest BCUT2D eigenvalue weighted by Crippen LogP contribution is -2.20. The van der Waals surface area contributed by atoms with Crippen LogP contribution in [0.2, 0.25) is 0 Å². The van der Waals surface area contributed by atoms with Crippen molar-refractivity contribution in [2.75, 3.05) is 6.61 Å². The van der Waals surface area contributed by atoms with Crippen molar-refractivity contribution >= 4 is 5.97 Å². The van der Waals surface area contributed by atoms with E-state index in [0.717, 1.165) is 29.6 Å². The Balaban J connectivity index is 2.63. The molecule has 1 saturated heterocycles. The van der Waals surface area contributed by atoms with Crippen LogP contribution in [0.1, 0.15) is 47.0 Å². The average molecular weight is 350 g/mol. The van der Waals surface area contributed by atoms with Crippen molar-refractivity contribution < 1.29 is 24.9 Å². The summed E-state index contributed by atoms with van der Waals surface area (Å²) in [6.07, 6.45) is 6.47. The van der Waals surface area contributed by atoms with Crippen LogP contribution in [0, 0.1) is 0 Å². The Morgan fingerprint density at radius 3 is 2.52 bits per heavy atom. The van der Waals surface area contributed by atoms with Crippen molar-refractivity contribution in [3.05, 3.63) is 46.6 Å². The van der Waals surface area contributed by atoms with Crippen molar-refractivity contribution in [1.82, 2.24) is 0 Å². The second-order valence-corrected chi connectivity index (χ2v) is 6.69. The van der Waals surface area contributed by atoms with Gasteiger partial charge in [0, 0.05) is 0 Å². The van der Waals surface area contributed by atoms with Crippen molar-refractivity contribution in [2.45, 2.75) is 65.3 Å². The predicted molar refractivity (Wildman–Crippen MR) is 97.9 cm³/mol. The lowest BCUT2D eigenvalue weighted by atomic mass is 10.0. The summed E-state index contributed by atoms with van der Waals surface area (Å²) in [5.74, 6) is -0.534. The molecule has 0 radical (unpaired) electrons. The highest BCUT2D eigenvalue weighted by Gasteiger charge is 2.37. The molecule has 1 fully saturated rings. The average Bonchev–Trinajstić information content (AvgIpc) is 2.78. The minimum absolute atomic E-state index is 0.0386. The molecule has 5 nitrogen and oxygen atoms in total. The molecule has 0 aromatic rings. The number of aliphatic hydroxyl groups is 3. The summed E-state index contributed by atoms with van der Waals surface area (Å²) in [5.41, 5.74) is 3.08. The van der Waals surface area contributed by atoms with Crippen molar-refractivity contribution in [3.63, 3.8) is 0 Å². The van der Waals surface area contributed by atoms with E-state index in [-0.39, 0.29) is 18.6 Å². The van der Waals surface area contributed by atoms with E-state index in [1.54, 1.807) is 18.2 Å². The summed E-state index contributed by atoms with van der Waals surface area (Å²) in [5, 5.41) is 29.2. The molecule has 0 aromatic heterocycles. The van der Waals surface area contributed by atoms with E-state index >= 15 is 0 Å². The number of aliphatic hydroxyl groups excluding tert-OH is 3. The second-order valence-electron chi connectivity index (χ2n) is 6.69. The van der Waals surface area contributed by atoms with E-state index in [1.807, 2.05) is 33.8 Å². The van der Waals surface area contributed by atoms with Gasteiger partial charge in [-0.05, 0) is 58.6 Å². The molecule has 25 heavy (non-hydrogen) atoms. The third-order valence-corrected chi connectivity index (χ3v) is 4.14. The Kier molecular flexibility index (Phi) is 8.83. The van der Waals surface area contributed by atoms with E-state index in [0.29, 0.717) is 0 Å². The number of carbonyl (C=O) groups excluding carboxylic acids is 1. The second kappa shape index (κ2) is 10.3. The molecule has 0 spiro atoms. The number of hydrogen-bond donors (Lipinski definition) is 3. The van der Waals surface area contributed by atoms with Gasteiger partial charge in [-0.2, -0.15) is 0 Å². The third-order valence-electron chi connectivity index (χ3n) is 4.14. The Labute approximate surface area is 150 Å². The molecule has 1 unspecified atom stereocenters. The fourth-order valence-electron chi connectivity index (χ4n) is 2.56. The summed E-state index contributed by atoms with van der Waals surface area (Å²) in [6.45, 7) is 7.58. The largest absolute Gasteiger partial charge is 0.452 e. The molecule has 1 aliphatic heterocycles. The first-order chi connectivity index (χ1) is 11.8. The lowest BCUT2D eigenvalue weighted by molar-refractivity contribution is -0.137. The molecule has 0 aliphatic carbocycles. The van der Waals surface area contributed by atoms with Gasteiger partial charge in [-0.15, -0.1) is 0 Å². The van der Waals surface area contributed by atoms with Gasteiger partial charge in [0.25, 0.3) is 0 Å². The van der Waals surface area contributed by atoms with Crippen molar-refractivity contribution in [1.29, 1.82) is 0 Å². The maximum Gasteiger partial charge on any atom is 0.337 e. The van der Waals surface area contributed by atoms with E-state index in [9.17, 15) is 15.0 Å². The van der Waals surface area contributed by atoms with E-state index in [4.69, 9.17) is 9.84 Å². The lowest BCUT2D eigenvalue weighted by Gasteiger charge is -2.11. The first kappa shape index (κ1) is 21.4. The fraction of sp³-hybridized carbons (Fsp3) is 0.550. The van der Waals surface area contributed by atoms with Crippen LogP contribution in [0.4, 0.5) is 0 Å². The van der Waals surface area contributed by atoms with E-state index in [2.05, 4.69) is 0 Å². The van der Waals surface area contributed by atoms with Crippen LogP contribution in [0.3, 0.4) is 0 Å². The molecular weight excluding hydrogens is 320 g/mol. The van der Waals surface area contributed by atoms with Crippen LogP contribution in [0.5, 0.6) is 0 Å². The Morgan fingerprint density at radius 2 is 1.92 bits per heavy atom. The first-order valence-electron chi connectivity index (χ1n) is 8.61. The monoisotopic (exact) mass is 350 g/mol. The van der Waals surface area contributed by atoms with Crippen LogP contribution in [-0.2, 0) is 9.53 Å². The molecule has 0 saturated carbocycles. The summed E-state index contributed by atoms with van der Waals surface area (Å²) in [4.78, 5) is 11.9. The van der Waals surface area contributed by atoms with Crippen molar-refractivity contribution in [3.8, 4) is 0 Å². The summed E-state index contributed by atoms with van der Waals surface area (Å²) in [6, 6.07) is 0. The topological polar surface area (TPSA) is 87.0 Å². The number of carbonyl (C=O) groups is 1. The van der Waals surface area contributed by atoms with E-state index in [1.165, 1.54) is 0 Å². The molecule has 0 aromatic carbocycles. The summed E-state index contributed by atoms with van der Waals surface area (Å²) >= 11 is 0. The fourth-order valence-corrected chi connectivity index (χ4v) is 2.56. The minimum Gasteiger partial charge on any atom is -0.452 e. The molecular formula is C20H30O5. The molecule has 3 N–H and O–H groups in total. The Morgan fingerprint density at radius 1 is 1.24 bits per heavy atom. The number of rotatable bonds is 8. The highest BCUT2D eigenvalue weighted by atomic mass is 16.6. The van der Waals surface area contributed by atoms with Gasteiger partial charge in [-0.1, -0.05) is 29.4 Å². The number of esters is 1. The van der Waals surface area contributed by atoms with Crippen LogP contribution in [-0.4, -0.2) is 46.2 Å². The molecule has 0 bridgehead atoms. The zero-order valence-electron chi connectivity index (χ0n) is 15.5. The zero-order valence-corrected chi connectivity index (χ0v) is 15.5. The predicted octanol–water partition coefficient (Wildman–Crippen LogP) is 2.58. The summed E-state index contributed by atoms with van der Waals surface area (Å²) in [7, 11) is 0.